The molecule has 0 heterocycles. The van der Waals surface area contributed by atoms with Crippen molar-refractivity contribution in [1.82, 2.24) is 10.6 Å². The maximum atomic E-state index is 5.47. The summed E-state index contributed by atoms with van der Waals surface area (Å²) < 4.78 is 0. The Labute approximate surface area is 135 Å². The van der Waals surface area contributed by atoms with Crippen LogP contribution in [0.3, 0.4) is 0 Å². The van der Waals surface area contributed by atoms with Crippen molar-refractivity contribution in [2.45, 2.75) is 26.4 Å². The first-order valence-electron chi connectivity index (χ1n) is 7.93. The van der Waals surface area contributed by atoms with Gasteiger partial charge in [-0.2, -0.15) is 0 Å². The molecule has 0 aromatic heterocycles. The minimum Gasteiger partial charge on any atom is -0.330 e. The maximum absolute atomic E-state index is 5.47. The van der Waals surface area contributed by atoms with Crippen LogP contribution in [0, 0.1) is 0 Å². The van der Waals surface area contributed by atoms with Gasteiger partial charge in [-0.25, -0.2) is 0 Å². The highest BCUT2D eigenvalue weighted by atomic mass is 14.9. The fraction of sp³-hybridized carbons (Fsp3) is 0.368. The highest BCUT2D eigenvalue weighted by Gasteiger charge is 1.94. The molecule has 0 spiro atoms. The van der Waals surface area contributed by atoms with Crippen LogP contribution in [-0.2, 0) is 13.1 Å². The third-order valence-electron chi connectivity index (χ3n) is 3.21. The molecule has 0 aliphatic heterocycles. The molecule has 3 nitrogen and oxygen atoms in total. The predicted octanol–water partition coefficient (Wildman–Crippen LogP) is 2.90. The summed E-state index contributed by atoms with van der Waals surface area (Å²) in [6.45, 7) is 10.3. The number of rotatable bonds is 11. The highest BCUT2D eigenvalue weighted by Crippen LogP contribution is 2.04. The zero-order valence-electron chi connectivity index (χ0n) is 13.6. The Morgan fingerprint density at radius 1 is 1.09 bits per heavy atom. The van der Waals surface area contributed by atoms with Gasteiger partial charge >= 0.3 is 0 Å². The van der Waals surface area contributed by atoms with E-state index in [1.807, 2.05) is 25.2 Å². The summed E-state index contributed by atoms with van der Waals surface area (Å²) in [5, 5.41) is 6.78. The predicted molar refractivity (Wildman–Crippen MR) is 96.6 cm³/mol. The van der Waals surface area contributed by atoms with Crippen LogP contribution in [0.25, 0.3) is 0 Å². The van der Waals surface area contributed by atoms with Crippen molar-refractivity contribution in [1.29, 1.82) is 0 Å². The highest BCUT2D eigenvalue weighted by molar-refractivity contribution is 5.27. The smallest absolute Gasteiger partial charge is 0.0208 e. The molecule has 1 rings (SSSR count). The lowest BCUT2D eigenvalue weighted by Crippen LogP contribution is -2.17. The third-order valence-corrected chi connectivity index (χ3v) is 3.21. The first kappa shape index (κ1) is 18.4. The van der Waals surface area contributed by atoms with Crippen LogP contribution in [0.15, 0.2) is 60.7 Å². The van der Waals surface area contributed by atoms with E-state index in [1.54, 1.807) is 0 Å². The van der Waals surface area contributed by atoms with Crippen molar-refractivity contribution in [2.24, 2.45) is 5.73 Å². The van der Waals surface area contributed by atoms with Gasteiger partial charge in [-0.3, -0.25) is 0 Å². The molecule has 0 saturated carbocycles. The van der Waals surface area contributed by atoms with Crippen molar-refractivity contribution in [3.8, 4) is 0 Å². The van der Waals surface area contributed by atoms with Gasteiger partial charge in [0.1, 0.15) is 0 Å². The number of benzene rings is 1. The Balaban J connectivity index is 2.22. The molecular weight excluding hydrogens is 270 g/mol. The molecule has 0 aliphatic carbocycles. The molecular formula is C19H29N3. The number of hydrogen-bond acceptors (Lipinski definition) is 3. The molecule has 4 N–H and O–H groups in total. The normalized spacial score (nSPS) is 11.5. The van der Waals surface area contributed by atoms with E-state index in [-0.39, 0.29) is 0 Å². The summed E-state index contributed by atoms with van der Waals surface area (Å²) in [7, 11) is 0. The monoisotopic (exact) mass is 299 g/mol. The Morgan fingerprint density at radius 3 is 2.32 bits per heavy atom. The topological polar surface area (TPSA) is 50.1 Å². The van der Waals surface area contributed by atoms with E-state index in [4.69, 9.17) is 5.73 Å². The second kappa shape index (κ2) is 11.9. The van der Waals surface area contributed by atoms with E-state index in [0.717, 1.165) is 44.7 Å². The van der Waals surface area contributed by atoms with Crippen molar-refractivity contribution >= 4 is 0 Å². The van der Waals surface area contributed by atoms with Crippen LogP contribution in [0.5, 0.6) is 0 Å². The Bertz CT molecular complexity index is 472. The standard InChI is InChI=1S/C19H29N3/c1-3-6-17(2)7-4-13-21-15-18-8-10-19(11-9-18)16-22-14-5-12-20/h3-4,6-11,21-22H,2,5,12-16,20H2,1H3/b6-3-,7-4+. The van der Waals surface area contributed by atoms with Gasteiger partial charge in [0.2, 0.25) is 0 Å². The van der Waals surface area contributed by atoms with Gasteiger partial charge < -0.3 is 16.4 Å². The molecule has 0 amide bonds. The zero-order chi connectivity index (χ0) is 16.0. The summed E-state index contributed by atoms with van der Waals surface area (Å²) in [6.07, 6.45) is 9.14. The van der Waals surface area contributed by atoms with Crippen LogP contribution in [0.1, 0.15) is 24.5 Å². The molecule has 1 aromatic rings. The van der Waals surface area contributed by atoms with E-state index in [0.29, 0.717) is 0 Å². The van der Waals surface area contributed by atoms with Gasteiger partial charge in [-0.05, 0) is 43.1 Å². The third kappa shape index (κ3) is 8.57. The first-order chi connectivity index (χ1) is 10.8. The molecule has 22 heavy (non-hydrogen) atoms. The van der Waals surface area contributed by atoms with Gasteiger partial charge in [-0.1, -0.05) is 55.1 Å². The van der Waals surface area contributed by atoms with E-state index in [1.165, 1.54) is 11.1 Å². The second-order valence-corrected chi connectivity index (χ2v) is 5.24. The summed E-state index contributed by atoms with van der Waals surface area (Å²) >= 11 is 0. The molecule has 120 valence electrons. The van der Waals surface area contributed by atoms with Crippen LogP contribution in [0.2, 0.25) is 0 Å². The van der Waals surface area contributed by atoms with Crippen LogP contribution < -0.4 is 16.4 Å². The lowest BCUT2D eigenvalue weighted by atomic mass is 10.1. The van der Waals surface area contributed by atoms with Crippen molar-refractivity contribution in [3.05, 3.63) is 71.8 Å². The van der Waals surface area contributed by atoms with E-state index in [2.05, 4.69) is 47.6 Å². The van der Waals surface area contributed by atoms with Crippen molar-refractivity contribution in [3.63, 3.8) is 0 Å². The van der Waals surface area contributed by atoms with E-state index in [9.17, 15) is 0 Å². The second-order valence-electron chi connectivity index (χ2n) is 5.24. The lowest BCUT2D eigenvalue weighted by molar-refractivity contribution is 0.655. The Kier molecular flexibility index (Phi) is 9.96. The quantitative estimate of drug-likeness (QED) is 0.435. The van der Waals surface area contributed by atoms with E-state index >= 15 is 0 Å². The summed E-state index contributed by atoms with van der Waals surface area (Å²) in [5.74, 6) is 0. The molecule has 0 unspecified atom stereocenters. The van der Waals surface area contributed by atoms with E-state index < -0.39 is 0 Å². The number of nitrogens with one attached hydrogen (secondary N) is 2. The molecule has 0 fully saturated rings. The molecule has 1 aromatic carbocycles. The SMILES string of the molecule is C=C(/C=C\C)/C=C/CNCc1ccc(CNCCCN)cc1. The Hall–Kier alpha value is -1.68. The van der Waals surface area contributed by atoms with Crippen LogP contribution in [0.4, 0.5) is 0 Å². The summed E-state index contributed by atoms with van der Waals surface area (Å²) in [4.78, 5) is 0. The largest absolute Gasteiger partial charge is 0.330 e. The fourth-order valence-corrected chi connectivity index (χ4v) is 2.01. The van der Waals surface area contributed by atoms with Crippen molar-refractivity contribution < 1.29 is 0 Å². The minimum absolute atomic E-state index is 0.744. The molecule has 3 heteroatoms. The molecule has 0 atom stereocenters. The van der Waals surface area contributed by atoms with Crippen LogP contribution >= 0.6 is 0 Å². The molecule has 0 saturated heterocycles. The average Bonchev–Trinajstić information content (AvgIpc) is 2.53. The van der Waals surface area contributed by atoms with Gasteiger partial charge in [-0.15, -0.1) is 0 Å². The number of nitrogens with two attached hydrogens (primary N) is 1. The van der Waals surface area contributed by atoms with Gasteiger partial charge in [0.25, 0.3) is 0 Å². The molecule has 0 bridgehead atoms. The van der Waals surface area contributed by atoms with Crippen molar-refractivity contribution in [2.75, 3.05) is 19.6 Å². The fourth-order valence-electron chi connectivity index (χ4n) is 2.01. The summed E-state index contributed by atoms with van der Waals surface area (Å²) in [6, 6.07) is 8.71. The maximum Gasteiger partial charge on any atom is 0.0208 e. The molecule has 0 aliphatic rings. The molecule has 0 radical (unpaired) electrons. The summed E-state index contributed by atoms with van der Waals surface area (Å²) in [5.41, 5.74) is 9.10. The van der Waals surface area contributed by atoms with Gasteiger partial charge in [0.15, 0.2) is 0 Å². The number of hydrogen-bond donors (Lipinski definition) is 3. The van der Waals surface area contributed by atoms with Gasteiger partial charge in [0, 0.05) is 19.6 Å². The Morgan fingerprint density at radius 2 is 1.73 bits per heavy atom. The lowest BCUT2D eigenvalue weighted by Gasteiger charge is -2.06. The van der Waals surface area contributed by atoms with Crippen LogP contribution in [-0.4, -0.2) is 19.6 Å². The number of allylic oxidation sites excluding steroid dienone is 4. The first-order valence-corrected chi connectivity index (χ1v) is 7.93. The average molecular weight is 299 g/mol. The van der Waals surface area contributed by atoms with Gasteiger partial charge in [0.05, 0.1) is 0 Å². The minimum atomic E-state index is 0.744. The zero-order valence-corrected chi connectivity index (χ0v) is 13.6.